The smallest absolute Gasteiger partial charge is 0.313 e. The zero-order valence-corrected chi connectivity index (χ0v) is 18.0. The van der Waals surface area contributed by atoms with Crippen molar-refractivity contribution in [2.45, 2.75) is 52.7 Å². The molecule has 0 spiro atoms. The molecule has 1 heterocycles. The van der Waals surface area contributed by atoms with Gasteiger partial charge in [0.05, 0.1) is 5.41 Å². The average molecular weight is 430 g/mol. The maximum atomic E-state index is 14.1. The minimum atomic E-state index is -3.94. The van der Waals surface area contributed by atoms with Gasteiger partial charge in [0, 0.05) is 18.7 Å². The molecule has 0 radical (unpaired) electrons. The summed E-state index contributed by atoms with van der Waals surface area (Å²) < 4.78 is 38.0. The van der Waals surface area contributed by atoms with Crippen molar-refractivity contribution in [2.24, 2.45) is 5.41 Å². The molecule has 1 aliphatic heterocycles. The Labute approximate surface area is 169 Å². The molecule has 0 aromatic heterocycles. The van der Waals surface area contributed by atoms with Crippen LogP contribution in [0.5, 0.6) is 0 Å². The molecule has 1 amide bonds. The number of aryl methyl sites for hydroxylation is 1. The van der Waals surface area contributed by atoms with Crippen molar-refractivity contribution < 1.29 is 33.0 Å². The standard InChI is InChI=1S/C19H28FN2O6P/c1-13-7-8-14(15(20)10-13)11-21-29(26,16-6-5-9-22(25)17(16)23)28-12-27-18(24)19(2,3)4/h7-8,10,16,25H,5-6,9,11-12H2,1-4H3,(H,21,26). The lowest BCUT2D eigenvalue weighted by atomic mass is 9.98. The molecule has 0 bridgehead atoms. The third-order valence-electron chi connectivity index (χ3n) is 4.54. The van der Waals surface area contributed by atoms with Gasteiger partial charge in [-0.15, -0.1) is 0 Å². The normalized spacial score (nSPS) is 19.7. The monoisotopic (exact) mass is 430 g/mol. The first-order valence-electron chi connectivity index (χ1n) is 9.36. The van der Waals surface area contributed by atoms with Gasteiger partial charge in [0.2, 0.25) is 0 Å². The third kappa shape index (κ3) is 6.09. The fourth-order valence-corrected chi connectivity index (χ4v) is 4.81. The Morgan fingerprint density at radius 2 is 2.10 bits per heavy atom. The maximum absolute atomic E-state index is 14.1. The lowest BCUT2D eigenvalue weighted by Gasteiger charge is -2.32. The van der Waals surface area contributed by atoms with Crippen LogP contribution in [-0.2, 0) is 30.0 Å². The van der Waals surface area contributed by atoms with Gasteiger partial charge in [-0.3, -0.25) is 23.9 Å². The van der Waals surface area contributed by atoms with Crippen molar-refractivity contribution in [1.82, 2.24) is 10.2 Å². The van der Waals surface area contributed by atoms with Crippen LogP contribution >= 0.6 is 7.52 Å². The van der Waals surface area contributed by atoms with E-state index < -0.39 is 43.1 Å². The summed E-state index contributed by atoms with van der Waals surface area (Å²) in [4.78, 5) is 24.3. The molecule has 1 saturated heterocycles. The first kappa shape index (κ1) is 23.5. The van der Waals surface area contributed by atoms with Gasteiger partial charge >= 0.3 is 5.97 Å². The highest BCUT2D eigenvalue weighted by molar-refractivity contribution is 7.58. The van der Waals surface area contributed by atoms with Gasteiger partial charge in [-0.1, -0.05) is 12.1 Å². The summed E-state index contributed by atoms with van der Waals surface area (Å²) in [6.07, 6.45) is 0.631. The summed E-state index contributed by atoms with van der Waals surface area (Å²) in [5.41, 5.74) is -0.967. The highest BCUT2D eigenvalue weighted by Gasteiger charge is 2.44. The van der Waals surface area contributed by atoms with Crippen LogP contribution in [0.3, 0.4) is 0 Å². The lowest BCUT2D eigenvalue weighted by molar-refractivity contribution is -0.169. The summed E-state index contributed by atoms with van der Waals surface area (Å²) in [7, 11) is -3.94. The van der Waals surface area contributed by atoms with E-state index in [0.717, 1.165) is 5.56 Å². The Morgan fingerprint density at radius 1 is 1.41 bits per heavy atom. The Hall–Kier alpha value is -1.80. The fourth-order valence-electron chi connectivity index (χ4n) is 2.77. The van der Waals surface area contributed by atoms with Gasteiger partial charge in [0.1, 0.15) is 11.5 Å². The number of hydrogen-bond donors (Lipinski definition) is 2. The lowest BCUT2D eigenvalue weighted by Crippen LogP contribution is -2.44. The molecule has 29 heavy (non-hydrogen) atoms. The van der Waals surface area contributed by atoms with Crippen LogP contribution in [-0.4, -0.2) is 41.1 Å². The van der Waals surface area contributed by atoms with Gasteiger partial charge in [0.15, 0.2) is 6.79 Å². The van der Waals surface area contributed by atoms with E-state index in [4.69, 9.17) is 9.26 Å². The molecule has 1 aliphatic rings. The molecule has 0 saturated carbocycles. The predicted octanol–water partition coefficient (Wildman–Crippen LogP) is 3.36. The topological polar surface area (TPSA) is 105 Å². The average Bonchev–Trinajstić information content (AvgIpc) is 2.62. The third-order valence-corrected chi connectivity index (χ3v) is 6.93. The number of benzene rings is 1. The summed E-state index contributed by atoms with van der Waals surface area (Å²) in [6, 6.07) is 4.59. The van der Waals surface area contributed by atoms with Gasteiger partial charge in [-0.2, -0.15) is 0 Å². The molecule has 2 N–H and O–H groups in total. The van der Waals surface area contributed by atoms with Crippen molar-refractivity contribution >= 4 is 19.4 Å². The first-order chi connectivity index (χ1) is 13.4. The Bertz CT molecular complexity index is 810. The molecule has 0 aliphatic carbocycles. The zero-order valence-electron chi connectivity index (χ0n) is 17.1. The fraction of sp³-hybridized carbons (Fsp3) is 0.579. The Morgan fingerprint density at radius 3 is 2.72 bits per heavy atom. The summed E-state index contributed by atoms with van der Waals surface area (Å²) in [6.45, 7) is 6.04. The van der Waals surface area contributed by atoms with Crippen LogP contribution < -0.4 is 5.09 Å². The molecular formula is C19H28FN2O6P. The number of carbonyl (C=O) groups is 2. The van der Waals surface area contributed by atoms with Crippen LogP contribution in [0, 0.1) is 18.2 Å². The van der Waals surface area contributed by atoms with Crippen LogP contribution in [0.2, 0.25) is 0 Å². The number of carbonyl (C=O) groups excluding carboxylic acids is 2. The number of hydrogen-bond acceptors (Lipinski definition) is 6. The number of ether oxygens (including phenoxy) is 1. The van der Waals surface area contributed by atoms with Crippen LogP contribution in [0.25, 0.3) is 0 Å². The summed E-state index contributed by atoms with van der Waals surface area (Å²) >= 11 is 0. The number of nitrogens with one attached hydrogen (secondary N) is 1. The molecule has 162 valence electrons. The van der Waals surface area contributed by atoms with Crippen molar-refractivity contribution in [3.8, 4) is 0 Å². The second-order valence-electron chi connectivity index (χ2n) is 8.07. The molecule has 2 atom stereocenters. The number of piperidine rings is 1. The number of rotatable bonds is 7. The first-order valence-corrected chi connectivity index (χ1v) is 11.1. The molecule has 1 fully saturated rings. The molecule has 8 nitrogen and oxygen atoms in total. The van der Waals surface area contributed by atoms with E-state index in [1.807, 2.05) is 0 Å². The number of hydroxylamine groups is 2. The zero-order chi connectivity index (χ0) is 21.8. The van der Waals surface area contributed by atoms with Crippen LogP contribution in [0.1, 0.15) is 44.7 Å². The second-order valence-corrected chi connectivity index (χ2v) is 10.5. The van der Waals surface area contributed by atoms with Crippen LogP contribution in [0.4, 0.5) is 4.39 Å². The molecule has 2 rings (SSSR count). The van der Waals surface area contributed by atoms with E-state index in [1.165, 1.54) is 6.07 Å². The van der Waals surface area contributed by atoms with E-state index in [2.05, 4.69) is 5.09 Å². The van der Waals surface area contributed by atoms with E-state index in [1.54, 1.807) is 39.8 Å². The highest BCUT2D eigenvalue weighted by Crippen LogP contribution is 2.51. The summed E-state index contributed by atoms with van der Waals surface area (Å²) in [5.74, 6) is -1.80. The van der Waals surface area contributed by atoms with Gasteiger partial charge in [-0.05, 0) is 52.2 Å². The Balaban J connectivity index is 2.16. The Kier molecular flexibility index (Phi) is 7.56. The summed E-state index contributed by atoms with van der Waals surface area (Å²) in [5, 5.41) is 12.9. The number of nitrogens with zero attached hydrogens (tertiary/aromatic N) is 1. The quantitative estimate of drug-likeness (QED) is 0.296. The molecular weight excluding hydrogens is 402 g/mol. The van der Waals surface area contributed by atoms with Crippen molar-refractivity contribution in [3.05, 3.63) is 35.1 Å². The predicted molar refractivity (Wildman–Crippen MR) is 104 cm³/mol. The molecule has 10 heteroatoms. The van der Waals surface area contributed by atoms with Gasteiger partial charge in [0.25, 0.3) is 13.4 Å². The van der Waals surface area contributed by atoms with Gasteiger partial charge in [-0.25, -0.2) is 14.5 Å². The minimum Gasteiger partial charge on any atom is -0.438 e. The number of esters is 1. The van der Waals surface area contributed by atoms with E-state index in [0.29, 0.717) is 11.5 Å². The van der Waals surface area contributed by atoms with E-state index in [9.17, 15) is 23.8 Å². The van der Waals surface area contributed by atoms with Crippen molar-refractivity contribution in [2.75, 3.05) is 13.3 Å². The highest BCUT2D eigenvalue weighted by atomic mass is 31.2. The van der Waals surface area contributed by atoms with E-state index in [-0.39, 0.29) is 25.1 Å². The van der Waals surface area contributed by atoms with E-state index >= 15 is 0 Å². The largest absolute Gasteiger partial charge is 0.438 e. The van der Waals surface area contributed by atoms with Crippen LogP contribution in [0.15, 0.2) is 18.2 Å². The molecule has 1 aromatic carbocycles. The second kappa shape index (κ2) is 9.34. The SMILES string of the molecule is Cc1ccc(CNP(=O)(OCOC(=O)C(C)(C)C)C2CCCN(O)C2=O)c(F)c1. The van der Waals surface area contributed by atoms with Crippen molar-refractivity contribution in [3.63, 3.8) is 0 Å². The molecule has 2 unspecified atom stereocenters. The van der Waals surface area contributed by atoms with Crippen molar-refractivity contribution in [1.29, 1.82) is 0 Å². The maximum Gasteiger partial charge on any atom is 0.313 e. The number of amides is 1. The van der Waals surface area contributed by atoms with Gasteiger partial charge < -0.3 is 4.74 Å². The minimum absolute atomic E-state index is 0.126. The number of halogens is 1. The molecule has 1 aromatic rings.